The van der Waals surface area contributed by atoms with Crippen LogP contribution in [0.3, 0.4) is 0 Å². The third-order valence-corrected chi connectivity index (χ3v) is 5.69. The average molecular weight is 428 g/mol. The van der Waals surface area contributed by atoms with Gasteiger partial charge in [0, 0.05) is 44.6 Å². The summed E-state index contributed by atoms with van der Waals surface area (Å²) in [6.07, 6.45) is 3.01. The van der Waals surface area contributed by atoms with E-state index in [1.807, 2.05) is 24.0 Å². The van der Waals surface area contributed by atoms with Gasteiger partial charge in [0.05, 0.1) is 24.9 Å². The minimum Gasteiger partial charge on any atom is -0.375 e. The highest BCUT2D eigenvalue weighted by Crippen LogP contribution is 2.17. The van der Waals surface area contributed by atoms with Gasteiger partial charge in [-0.25, -0.2) is 9.98 Å². The van der Waals surface area contributed by atoms with E-state index in [0.717, 1.165) is 55.7 Å². The molecule has 0 bridgehead atoms. The Morgan fingerprint density at radius 2 is 2.19 bits per heavy atom. The van der Waals surface area contributed by atoms with E-state index in [1.54, 1.807) is 0 Å². The smallest absolute Gasteiger partial charge is 0.191 e. The van der Waals surface area contributed by atoms with Crippen LogP contribution in [0, 0.1) is 13.8 Å². The summed E-state index contributed by atoms with van der Waals surface area (Å²) in [7, 11) is 2.00. The van der Waals surface area contributed by atoms with Crippen LogP contribution in [0.4, 0.5) is 5.82 Å². The predicted octanol–water partition coefficient (Wildman–Crippen LogP) is 2.34. The number of rotatable bonds is 7. The summed E-state index contributed by atoms with van der Waals surface area (Å²) >= 11 is 0. The Morgan fingerprint density at radius 1 is 1.39 bits per heavy atom. The molecule has 8 heteroatoms. The SMILES string of the molecule is CCNC(=NCc1ccnc(N2CCOC(C)C2)c1)NC(C)Cc1c(C)nn(C)c1C. The number of pyridine rings is 1. The maximum atomic E-state index is 5.65. The fraction of sp³-hybridized carbons (Fsp3) is 0.609. The second-order valence-electron chi connectivity index (χ2n) is 8.37. The van der Waals surface area contributed by atoms with Gasteiger partial charge in [-0.15, -0.1) is 0 Å². The summed E-state index contributed by atoms with van der Waals surface area (Å²) < 4.78 is 7.60. The summed E-state index contributed by atoms with van der Waals surface area (Å²) in [6, 6.07) is 4.41. The normalized spacial score (nSPS) is 18.2. The first-order valence-corrected chi connectivity index (χ1v) is 11.2. The minimum absolute atomic E-state index is 0.232. The molecule has 170 valence electrons. The van der Waals surface area contributed by atoms with E-state index in [1.165, 1.54) is 11.3 Å². The molecule has 2 aromatic heterocycles. The molecule has 1 aliphatic heterocycles. The summed E-state index contributed by atoms with van der Waals surface area (Å²) in [5.41, 5.74) is 4.76. The molecular formula is C23H37N7O. The van der Waals surface area contributed by atoms with Crippen molar-refractivity contribution in [1.82, 2.24) is 25.4 Å². The molecule has 0 radical (unpaired) electrons. The molecule has 0 saturated carbocycles. The van der Waals surface area contributed by atoms with Crippen molar-refractivity contribution in [3.63, 3.8) is 0 Å². The van der Waals surface area contributed by atoms with Gasteiger partial charge >= 0.3 is 0 Å². The lowest BCUT2D eigenvalue weighted by Gasteiger charge is -2.32. The molecule has 0 spiro atoms. The second-order valence-corrected chi connectivity index (χ2v) is 8.37. The molecule has 0 aromatic carbocycles. The zero-order valence-electron chi connectivity index (χ0n) is 19.8. The van der Waals surface area contributed by atoms with Crippen molar-refractivity contribution in [2.24, 2.45) is 12.0 Å². The van der Waals surface area contributed by atoms with Crippen LogP contribution in [0.15, 0.2) is 23.3 Å². The highest BCUT2D eigenvalue weighted by atomic mass is 16.5. The number of nitrogens with zero attached hydrogens (tertiary/aromatic N) is 5. The number of aliphatic imine (C=N–C) groups is 1. The number of morpholine rings is 1. The Morgan fingerprint density at radius 3 is 2.87 bits per heavy atom. The summed E-state index contributed by atoms with van der Waals surface area (Å²) in [6.45, 7) is 14.5. The van der Waals surface area contributed by atoms with Crippen molar-refractivity contribution >= 4 is 11.8 Å². The van der Waals surface area contributed by atoms with Crippen molar-refractivity contribution in [2.45, 2.75) is 59.7 Å². The van der Waals surface area contributed by atoms with Gasteiger partial charge in [0.15, 0.2) is 5.96 Å². The van der Waals surface area contributed by atoms with Crippen LogP contribution in [0.1, 0.15) is 43.3 Å². The van der Waals surface area contributed by atoms with E-state index in [4.69, 9.17) is 9.73 Å². The largest absolute Gasteiger partial charge is 0.375 e. The first-order chi connectivity index (χ1) is 14.9. The van der Waals surface area contributed by atoms with E-state index in [2.05, 4.69) is 66.3 Å². The number of aromatic nitrogens is 3. The van der Waals surface area contributed by atoms with Crippen LogP contribution in [0.5, 0.6) is 0 Å². The number of guanidine groups is 1. The number of hydrogen-bond donors (Lipinski definition) is 2. The van der Waals surface area contributed by atoms with Crippen LogP contribution in [-0.4, -0.2) is 59.1 Å². The van der Waals surface area contributed by atoms with Crippen molar-refractivity contribution in [1.29, 1.82) is 0 Å². The molecule has 31 heavy (non-hydrogen) atoms. The molecule has 3 heterocycles. The van der Waals surface area contributed by atoms with Crippen LogP contribution < -0.4 is 15.5 Å². The van der Waals surface area contributed by atoms with Gasteiger partial charge in [0.2, 0.25) is 0 Å². The van der Waals surface area contributed by atoms with Gasteiger partial charge in [-0.1, -0.05) is 0 Å². The van der Waals surface area contributed by atoms with Crippen molar-refractivity contribution < 1.29 is 4.74 Å². The molecule has 1 fully saturated rings. The van der Waals surface area contributed by atoms with Crippen molar-refractivity contribution in [3.8, 4) is 0 Å². The van der Waals surface area contributed by atoms with Gasteiger partial charge in [0.1, 0.15) is 5.82 Å². The Kier molecular flexibility index (Phi) is 7.90. The van der Waals surface area contributed by atoms with Crippen LogP contribution in [-0.2, 0) is 24.8 Å². The zero-order valence-corrected chi connectivity index (χ0v) is 19.8. The van der Waals surface area contributed by atoms with E-state index < -0.39 is 0 Å². The molecule has 8 nitrogen and oxygen atoms in total. The van der Waals surface area contributed by atoms with Gasteiger partial charge in [-0.3, -0.25) is 4.68 Å². The van der Waals surface area contributed by atoms with Gasteiger partial charge < -0.3 is 20.3 Å². The van der Waals surface area contributed by atoms with Gasteiger partial charge in [-0.05, 0) is 64.3 Å². The molecule has 2 N–H and O–H groups in total. The number of ether oxygens (including phenoxy) is 1. The highest BCUT2D eigenvalue weighted by molar-refractivity contribution is 5.80. The molecule has 1 aliphatic rings. The Bertz CT molecular complexity index is 892. The summed E-state index contributed by atoms with van der Waals surface area (Å²) in [5.74, 6) is 1.82. The molecule has 2 aromatic rings. The second kappa shape index (κ2) is 10.6. The minimum atomic E-state index is 0.232. The molecule has 0 aliphatic carbocycles. The van der Waals surface area contributed by atoms with Crippen LogP contribution in [0.2, 0.25) is 0 Å². The monoisotopic (exact) mass is 427 g/mol. The zero-order chi connectivity index (χ0) is 22.4. The Hall–Kier alpha value is -2.61. The summed E-state index contributed by atoms with van der Waals surface area (Å²) in [5, 5.41) is 11.4. The maximum Gasteiger partial charge on any atom is 0.191 e. The Balaban J connectivity index is 1.64. The molecule has 2 atom stereocenters. The fourth-order valence-electron chi connectivity index (χ4n) is 3.95. The van der Waals surface area contributed by atoms with Crippen LogP contribution >= 0.6 is 0 Å². The predicted molar refractivity (Wildman–Crippen MR) is 126 cm³/mol. The molecular weight excluding hydrogens is 390 g/mol. The fourth-order valence-corrected chi connectivity index (χ4v) is 3.95. The number of aryl methyl sites for hydroxylation is 2. The standard InChI is InChI=1S/C23H37N7O/c1-7-24-23(27-16(2)12-21-18(4)28-29(6)19(21)5)26-14-20-8-9-25-22(13-20)30-10-11-31-17(3)15-30/h8-9,13,16-17H,7,10-12,14-15H2,1-6H3,(H2,24,26,27). The Labute approximate surface area is 186 Å². The van der Waals surface area contributed by atoms with Crippen molar-refractivity contribution in [3.05, 3.63) is 40.8 Å². The first kappa shape index (κ1) is 23.1. The maximum absolute atomic E-state index is 5.65. The molecule has 1 saturated heterocycles. The molecule has 0 amide bonds. The van der Waals surface area contributed by atoms with Crippen LogP contribution in [0.25, 0.3) is 0 Å². The molecule has 3 rings (SSSR count). The highest BCUT2D eigenvalue weighted by Gasteiger charge is 2.18. The number of anilines is 1. The van der Waals surface area contributed by atoms with Gasteiger partial charge in [-0.2, -0.15) is 5.10 Å². The lowest BCUT2D eigenvalue weighted by atomic mass is 10.1. The quantitative estimate of drug-likeness (QED) is 0.522. The lowest BCUT2D eigenvalue weighted by Crippen LogP contribution is -2.43. The number of hydrogen-bond acceptors (Lipinski definition) is 5. The van der Waals surface area contributed by atoms with Gasteiger partial charge in [0.25, 0.3) is 0 Å². The van der Waals surface area contributed by atoms with E-state index in [-0.39, 0.29) is 12.1 Å². The number of nitrogens with one attached hydrogen (secondary N) is 2. The average Bonchev–Trinajstić information content (AvgIpc) is 2.98. The third-order valence-electron chi connectivity index (χ3n) is 5.69. The first-order valence-electron chi connectivity index (χ1n) is 11.2. The lowest BCUT2D eigenvalue weighted by molar-refractivity contribution is 0.0529. The van der Waals surface area contributed by atoms with E-state index in [9.17, 15) is 0 Å². The van der Waals surface area contributed by atoms with Crippen molar-refractivity contribution in [2.75, 3.05) is 31.1 Å². The third kappa shape index (κ3) is 6.19. The van der Waals surface area contributed by atoms with E-state index >= 15 is 0 Å². The summed E-state index contributed by atoms with van der Waals surface area (Å²) in [4.78, 5) is 11.7. The van der Waals surface area contributed by atoms with E-state index in [0.29, 0.717) is 6.54 Å². The molecule has 2 unspecified atom stereocenters. The topological polar surface area (TPSA) is 79.6 Å².